The largest absolute Gasteiger partial charge is 0.0987 e. The molecule has 1 saturated carbocycles. The van der Waals surface area contributed by atoms with Crippen molar-refractivity contribution in [2.45, 2.75) is 90.9 Å². The van der Waals surface area contributed by atoms with Crippen LogP contribution < -0.4 is 0 Å². The zero-order valence-electron chi connectivity index (χ0n) is 24.6. The molecule has 38 heavy (non-hydrogen) atoms. The maximum absolute atomic E-state index is 4.30. The molecule has 1 fully saturated rings. The molecule has 1 aliphatic rings. The smallest absolute Gasteiger partial charge is 0.0158 e. The minimum Gasteiger partial charge on any atom is -0.0987 e. The van der Waals surface area contributed by atoms with Gasteiger partial charge in [-0.15, -0.1) is 0 Å². The van der Waals surface area contributed by atoms with Crippen molar-refractivity contribution < 1.29 is 0 Å². The predicted molar refractivity (Wildman–Crippen MR) is 167 cm³/mol. The van der Waals surface area contributed by atoms with Crippen molar-refractivity contribution >= 4 is 0 Å². The Morgan fingerprint density at radius 1 is 0.921 bits per heavy atom. The van der Waals surface area contributed by atoms with E-state index < -0.39 is 0 Å². The average Bonchev–Trinajstić information content (AvgIpc) is 2.88. The summed E-state index contributed by atoms with van der Waals surface area (Å²) < 4.78 is 0. The van der Waals surface area contributed by atoms with Crippen LogP contribution in [0.25, 0.3) is 11.1 Å². The van der Waals surface area contributed by atoms with Crippen LogP contribution in [-0.2, 0) is 5.41 Å². The molecule has 3 aromatic carbocycles. The van der Waals surface area contributed by atoms with Crippen molar-refractivity contribution in [3.63, 3.8) is 0 Å². The maximum Gasteiger partial charge on any atom is 0.0158 e. The van der Waals surface area contributed by atoms with Gasteiger partial charge in [-0.3, -0.25) is 0 Å². The van der Waals surface area contributed by atoms with E-state index in [1.165, 1.54) is 69.4 Å². The highest BCUT2D eigenvalue weighted by atomic mass is 14.4. The van der Waals surface area contributed by atoms with Gasteiger partial charge in [0.25, 0.3) is 0 Å². The van der Waals surface area contributed by atoms with E-state index in [0.717, 1.165) is 0 Å². The van der Waals surface area contributed by atoms with E-state index in [1.54, 1.807) is 0 Å². The second-order valence-corrected chi connectivity index (χ2v) is 11.9. The van der Waals surface area contributed by atoms with Crippen LogP contribution in [-0.4, -0.2) is 0 Å². The highest BCUT2D eigenvalue weighted by Crippen LogP contribution is 2.50. The lowest BCUT2D eigenvalue weighted by atomic mass is 9.65. The fourth-order valence-electron chi connectivity index (χ4n) is 6.62. The first-order valence-corrected chi connectivity index (χ1v) is 14.5. The Hall–Kier alpha value is -3.12. The molecule has 0 amide bonds. The molecule has 0 N–H and O–H groups in total. The van der Waals surface area contributed by atoms with Crippen molar-refractivity contribution in [3.05, 3.63) is 131 Å². The minimum atomic E-state index is -0.182. The van der Waals surface area contributed by atoms with Crippen molar-refractivity contribution in [1.82, 2.24) is 0 Å². The number of aryl methyl sites for hydroxylation is 1. The third kappa shape index (κ3) is 5.24. The van der Waals surface area contributed by atoms with Crippen LogP contribution in [0.15, 0.2) is 103 Å². The molecule has 2 atom stereocenters. The standard InChI is InChI=1S/C38H46/c1-9-17-26(3)35(10-2)38(7,8)37-33(31-20-16-21-31)25-24-27(4)36(37)34-23-15-14-22-32(34)29(6)28(5)30-18-12-11-13-19-30/h9-15,17-19,22-25,28-29,31H,2,16,20-21H2,1,3-8H3/b17-9-,35-26+. The maximum atomic E-state index is 4.30. The van der Waals surface area contributed by atoms with Crippen molar-refractivity contribution in [2.24, 2.45) is 0 Å². The summed E-state index contributed by atoms with van der Waals surface area (Å²) >= 11 is 0. The van der Waals surface area contributed by atoms with Gasteiger partial charge in [0.05, 0.1) is 0 Å². The number of rotatable bonds is 9. The molecular weight excluding hydrogens is 456 g/mol. The Labute approximate surface area is 232 Å². The number of hydrogen-bond donors (Lipinski definition) is 0. The summed E-state index contributed by atoms with van der Waals surface area (Å²) in [5.74, 6) is 1.45. The average molecular weight is 503 g/mol. The summed E-state index contributed by atoms with van der Waals surface area (Å²) in [4.78, 5) is 0. The van der Waals surface area contributed by atoms with Crippen LogP contribution in [0, 0.1) is 6.92 Å². The van der Waals surface area contributed by atoms with Crippen LogP contribution in [0.3, 0.4) is 0 Å². The third-order valence-electron chi connectivity index (χ3n) is 9.13. The quantitative estimate of drug-likeness (QED) is 0.255. The van der Waals surface area contributed by atoms with E-state index in [0.29, 0.717) is 17.8 Å². The van der Waals surface area contributed by atoms with Gasteiger partial charge in [0.1, 0.15) is 0 Å². The molecule has 0 nitrogen and oxygen atoms in total. The van der Waals surface area contributed by atoms with Gasteiger partial charge >= 0.3 is 0 Å². The zero-order valence-corrected chi connectivity index (χ0v) is 24.6. The summed E-state index contributed by atoms with van der Waals surface area (Å²) in [6.45, 7) is 20.5. The Morgan fingerprint density at radius 2 is 1.58 bits per heavy atom. The van der Waals surface area contributed by atoms with Gasteiger partial charge in [0, 0.05) is 5.41 Å². The van der Waals surface area contributed by atoms with Gasteiger partial charge in [-0.2, -0.15) is 0 Å². The van der Waals surface area contributed by atoms with E-state index >= 15 is 0 Å². The van der Waals surface area contributed by atoms with E-state index in [-0.39, 0.29) is 5.41 Å². The molecule has 0 aliphatic heterocycles. The highest BCUT2D eigenvalue weighted by Gasteiger charge is 2.35. The fraction of sp³-hybridized carbons (Fsp3) is 0.368. The molecule has 0 heteroatoms. The summed E-state index contributed by atoms with van der Waals surface area (Å²) in [7, 11) is 0. The molecule has 2 unspecified atom stereocenters. The number of hydrogen-bond acceptors (Lipinski definition) is 0. The van der Waals surface area contributed by atoms with E-state index in [2.05, 4.69) is 140 Å². The lowest BCUT2D eigenvalue weighted by Gasteiger charge is -2.38. The van der Waals surface area contributed by atoms with Gasteiger partial charge in [-0.05, 0) is 101 Å². The lowest BCUT2D eigenvalue weighted by Crippen LogP contribution is -2.26. The Balaban J connectivity index is 1.99. The number of allylic oxidation sites excluding steroid dienone is 5. The first kappa shape index (κ1) is 27.9. The molecule has 0 heterocycles. The summed E-state index contributed by atoms with van der Waals surface area (Å²) in [5.41, 5.74) is 12.4. The fourth-order valence-corrected chi connectivity index (χ4v) is 6.62. The topological polar surface area (TPSA) is 0 Å². The molecule has 0 bridgehead atoms. The zero-order chi connectivity index (χ0) is 27.4. The van der Waals surface area contributed by atoms with Gasteiger partial charge in [0.15, 0.2) is 0 Å². The highest BCUT2D eigenvalue weighted by molar-refractivity contribution is 5.78. The molecule has 1 aliphatic carbocycles. The summed E-state index contributed by atoms with van der Waals surface area (Å²) in [6, 6.07) is 24.9. The van der Waals surface area contributed by atoms with E-state index in [4.69, 9.17) is 0 Å². The predicted octanol–water partition coefficient (Wildman–Crippen LogP) is 11.2. The van der Waals surface area contributed by atoms with Crippen LogP contribution in [0.4, 0.5) is 0 Å². The van der Waals surface area contributed by atoms with E-state index in [1.807, 2.05) is 0 Å². The number of benzene rings is 3. The van der Waals surface area contributed by atoms with Crippen LogP contribution in [0.5, 0.6) is 0 Å². The first-order valence-electron chi connectivity index (χ1n) is 14.5. The van der Waals surface area contributed by atoms with Crippen molar-refractivity contribution in [3.8, 4) is 11.1 Å². The first-order chi connectivity index (χ1) is 18.2. The lowest BCUT2D eigenvalue weighted by molar-refractivity contribution is 0.412. The Morgan fingerprint density at radius 3 is 2.18 bits per heavy atom. The summed E-state index contributed by atoms with van der Waals surface area (Å²) in [6.07, 6.45) is 10.4. The molecular formula is C38H46. The van der Waals surface area contributed by atoms with Crippen molar-refractivity contribution in [1.29, 1.82) is 0 Å². The van der Waals surface area contributed by atoms with Crippen LogP contribution >= 0.6 is 0 Å². The SMILES string of the molecule is C=C/C(=C(C)\C=C/C)C(C)(C)c1c(C2CCC2)ccc(C)c1-c1ccccc1C(C)C(C)c1ccccc1. The molecule has 198 valence electrons. The minimum absolute atomic E-state index is 0.182. The third-order valence-corrected chi connectivity index (χ3v) is 9.13. The van der Waals surface area contributed by atoms with Crippen LogP contribution in [0.1, 0.15) is 106 Å². The molecule has 0 aromatic heterocycles. The van der Waals surface area contributed by atoms with Gasteiger partial charge < -0.3 is 0 Å². The molecule has 0 radical (unpaired) electrons. The molecule has 0 spiro atoms. The monoisotopic (exact) mass is 502 g/mol. The van der Waals surface area contributed by atoms with Gasteiger partial charge in [0.2, 0.25) is 0 Å². The van der Waals surface area contributed by atoms with E-state index in [9.17, 15) is 0 Å². The van der Waals surface area contributed by atoms with Gasteiger partial charge in [-0.25, -0.2) is 0 Å². The molecule has 0 saturated heterocycles. The second kappa shape index (κ2) is 11.7. The van der Waals surface area contributed by atoms with Crippen LogP contribution in [0.2, 0.25) is 0 Å². The second-order valence-electron chi connectivity index (χ2n) is 11.9. The normalized spacial score (nSPS) is 16.6. The Kier molecular flexibility index (Phi) is 8.61. The van der Waals surface area contributed by atoms with Crippen molar-refractivity contribution in [2.75, 3.05) is 0 Å². The Bertz CT molecular complexity index is 1330. The molecule has 3 aromatic rings. The molecule has 4 rings (SSSR count). The van der Waals surface area contributed by atoms with Gasteiger partial charge in [-0.1, -0.05) is 126 Å². The summed E-state index contributed by atoms with van der Waals surface area (Å²) in [5, 5.41) is 0.